The van der Waals surface area contributed by atoms with Gasteiger partial charge in [0.1, 0.15) is 11.8 Å². The van der Waals surface area contributed by atoms with E-state index in [1.54, 1.807) is 31.4 Å². The molecular formula is C20H20ClN3O3. The second-order valence-corrected chi connectivity index (χ2v) is 6.83. The molecule has 1 unspecified atom stereocenters. The van der Waals surface area contributed by atoms with Crippen LogP contribution in [0.4, 0.5) is 0 Å². The number of nitrogens with zero attached hydrogens (tertiary/aromatic N) is 2. The molecule has 0 fully saturated rings. The molecule has 1 aromatic heterocycles. The normalized spacial score (nSPS) is 12.0. The molecule has 3 aromatic rings. The first kappa shape index (κ1) is 18.9. The summed E-state index contributed by atoms with van der Waals surface area (Å²) >= 11 is 5.97. The Bertz CT molecular complexity index is 922. The Hall–Kier alpha value is -2.86. The van der Waals surface area contributed by atoms with Gasteiger partial charge in [0.05, 0.1) is 7.11 Å². The molecule has 140 valence electrons. The molecule has 7 heteroatoms. The lowest BCUT2D eigenvalue weighted by molar-refractivity contribution is 0.0914. The number of aromatic nitrogens is 2. The molecule has 0 saturated carbocycles. The fourth-order valence-corrected chi connectivity index (χ4v) is 2.78. The van der Waals surface area contributed by atoms with Crippen molar-refractivity contribution in [3.63, 3.8) is 0 Å². The van der Waals surface area contributed by atoms with E-state index in [0.717, 1.165) is 11.3 Å². The summed E-state index contributed by atoms with van der Waals surface area (Å²) in [5, 5.41) is 7.49. The maximum atomic E-state index is 12.6. The number of halogens is 1. The van der Waals surface area contributed by atoms with Crippen LogP contribution in [0, 0.1) is 5.92 Å². The number of hydrogen-bond donors (Lipinski definition) is 1. The molecule has 0 saturated heterocycles. The monoisotopic (exact) mass is 385 g/mol. The highest BCUT2D eigenvalue weighted by molar-refractivity contribution is 6.30. The summed E-state index contributed by atoms with van der Waals surface area (Å²) in [6.07, 6.45) is 0. The van der Waals surface area contributed by atoms with Gasteiger partial charge in [-0.25, -0.2) is 0 Å². The molecule has 0 spiro atoms. The zero-order chi connectivity index (χ0) is 19.4. The number of carbonyl (C=O) groups is 1. The van der Waals surface area contributed by atoms with Crippen molar-refractivity contribution in [1.82, 2.24) is 15.5 Å². The van der Waals surface area contributed by atoms with Crippen LogP contribution in [0.1, 0.15) is 36.1 Å². The van der Waals surface area contributed by atoms with Crippen molar-refractivity contribution in [2.75, 3.05) is 7.11 Å². The fraction of sp³-hybridized carbons (Fsp3) is 0.250. The number of nitrogens with one attached hydrogen (secondary N) is 1. The maximum Gasteiger partial charge on any atom is 0.251 e. The molecule has 0 aliphatic rings. The minimum atomic E-state index is -0.420. The van der Waals surface area contributed by atoms with Crippen LogP contribution in [0.2, 0.25) is 5.02 Å². The van der Waals surface area contributed by atoms with Crippen LogP contribution in [-0.4, -0.2) is 23.2 Å². The van der Waals surface area contributed by atoms with Gasteiger partial charge >= 0.3 is 0 Å². The zero-order valence-electron chi connectivity index (χ0n) is 15.3. The smallest absolute Gasteiger partial charge is 0.251 e. The quantitative estimate of drug-likeness (QED) is 0.674. The minimum absolute atomic E-state index is 0.0531. The number of rotatable bonds is 6. The lowest BCUT2D eigenvalue weighted by Crippen LogP contribution is -2.32. The van der Waals surface area contributed by atoms with Gasteiger partial charge in [-0.1, -0.05) is 36.7 Å². The zero-order valence-corrected chi connectivity index (χ0v) is 16.0. The summed E-state index contributed by atoms with van der Waals surface area (Å²) in [5.74, 6) is 1.36. The number of ether oxygens (including phenoxy) is 1. The van der Waals surface area contributed by atoms with Crippen molar-refractivity contribution in [2.24, 2.45) is 5.92 Å². The van der Waals surface area contributed by atoms with E-state index in [0.29, 0.717) is 22.3 Å². The molecule has 1 amide bonds. The largest absolute Gasteiger partial charge is 0.497 e. The van der Waals surface area contributed by atoms with Crippen molar-refractivity contribution in [3.8, 4) is 17.1 Å². The predicted molar refractivity (Wildman–Crippen MR) is 103 cm³/mol. The van der Waals surface area contributed by atoms with Gasteiger partial charge in [0.15, 0.2) is 0 Å². The summed E-state index contributed by atoms with van der Waals surface area (Å²) < 4.78 is 10.6. The van der Waals surface area contributed by atoms with E-state index < -0.39 is 6.04 Å². The van der Waals surface area contributed by atoms with E-state index in [4.69, 9.17) is 20.9 Å². The molecule has 1 N–H and O–H groups in total. The van der Waals surface area contributed by atoms with Crippen LogP contribution >= 0.6 is 11.6 Å². The minimum Gasteiger partial charge on any atom is -0.497 e. The van der Waals surface area contributed by atoms with Crippen molar-refractivity contribution < 1.29 is 14.1 Å². The van der Waals surface area contributed by atoms with Gasteiger partial charge in [0.2, 0.25) is 11.7 Å². The Morgan fingerprint density at radius 3 is 2.56 bits per heavy atom. The second kappa shape index (κ2) is 8.22. The molecule has 1 heterocycles. The molecule has 0 bridgehead atoms. The highest BCUT2D eigenvalue weighted by Gasteiger charge is 2.25. The molecular weight excluding hydrogens is 366 g/mol. The first-order chi connectivity index (χ1) is 13.0. The molecule has 0 aliphatic carbocycles. The summed E-state index contributed by atoms with van der Waals surface area (Å²) in [6.45, 7) is 3.94. The van der Waals surface area contributed by atoms with Crippen molar-refractivity contribution in [1.29, 1.82) is 0 Å². The highest BCUT2D eigenvalue weighted by atomic mass is 35.5. The number of benzene rings is 2. The van der Waals surface area contributed by atoms with Gasteiger partial charge in [-0.2, -0.15) is 4.98 Å². The van der Waals surface area contributed by atoms with Gasteiger partial charge < -0.3 is 14.6 Å². The van der Waals surface area contributed by atoms with Gasteiger partial charge in [-0.3, -0.25) is 4.79 Å². The molecule has 27 heavy (non-hydrogen) atoms. The van der Waals surface area contributed by atoms with E-state index >= 15 is 0 Å². The van der Waals surface area contributed by atoms with E-state index in [-0.39, 0.29) is 11.8 Å². The van der Waals surface area contributed by atoms with E-state index in [2.05, 4.69) is 15.5 Å². The van der Waals surface area contributed by atoms with Gasteiger partial charge in [-0.15, -0.1) is 0 Å². The molecule has 3 rings (SSSR count). The average molecular weight is 386 g/mol. The summed E-state index contributed by atoms with van der Waals surface area (Å²) in [5.41, 5.74) is 1.28. The van der Waals surface area contributed by atoms with Gasteiger partial charge in [0.25, 0.3) is 5.91 Å². The van der Waals surface area contributed by atoms with E-state index in [1.807, 2.05) is 38.1 Å². The van der Waals surface area contributed by atoms with Crippen LogP contribution in [-0.2, 0) is 0 Å². The Balaban J connectivity index is 1.81. The van der Waals surface area contributed by atoms with Crippen LogP contribution in [0.25, 0.3) is 11.4 Å². The predicted octanol–water partition coefficient (Wildman–Crippen LogP) is 4.53. The van der Waals surface area contributed by atoms with Gasteiger partial charge in [0, 0.05) is 16.1 Å². The molecule has 1 atom stereocenters. The van der Waals surface area contributed by atoms with Crippen LogP contribution in [0.3, 0.4) is 0 Å². The van der Waals surface area contributed by atoms with Crippen molar-refractivity contribution in [3.05, 3.63) is 65.0 Å². The average Bonchev–Trinajstić information content (AvgIpc) is 3.15. The maximum absolute atomic E-state index is 12.6. The standard InChI is InChI=1S/C20H20ClN3O3/c1-12(2)17(22-19(25)14-5-4-6-15(21)11-14)20-23-18(24-27-20)13-7-9-16(26-3)10-8-13/h4-12,17H,1-3H3,(H,22,25). The van der Waals surface area contributed by atoms with Gasteiger partial charge in [-0.05, 0) is 48.4 Å². The number of methoxy groups -OCH3 is 1. The molecule has 6 nitrogen and oxygen atoms in total. The van der Waals surface area contributed by atoms with Crippen LogP contribution in [0.15, 0.2) is 53.1 Å². The summed E-state index contributed by atoms with van der Waals surface area (Å²) in [4.78, 5) is 17.0. The summed E-state index contributed by atoms with van der Waals surface area (Å²) in [6, 6.07) is 13.7. The van der Waals surface area contributed by atoms with Crippen molar-refractivity contribution >= 4 is 17.5 Å². The van der Waals surface area contributed by atoms with E-state index in [9.17, 15) is 4.79 Å². The topological polar surface area (TPSA) is 77.3 Å². The Labute approximate surface area is 162 Å². The molecule has 0 aliphatic heterocycles. The third-order valence-electron chi connectivity index (χ3n) is 4.10. The third-order valence-corrected chi connectivity index (χ3v) is 4.33. The van der Waals surface area contributed by atoms with Crippen molar-refractivity contribution in [2.45, 2.75) is 19.9 Å². The number of amides is 1. The SMILES string of the molecule is COc1ccc(-c2noc(C(NC(=O)c3cccc(Cl)c3)C(C)C)n2)cc1. The second-order valence-electron chi connectivity index (χ2n) is 6.39. The van der Waals surface area contributed by atoms with Crippen LogP contribution in [0.5, 0.6) is 5.75 Å². The lowest BCUT2D eigenvalue weighted by atomic mass is 10.0. The first-order valence-electron chi connectivity index (χ1n) is 8.52. The molecule has 0 radical (unpaired) electrons. The van der Waals surface area contributed by atoms with E-state index in [1.165, 1.54) is 0 Å². The number of carbonyl (C=O) groups excluding carboxylic acids is 1. The summed E-state index contributed by atoms with van der Waals surface area (Å²) in [7, 11) is 1.61. The Kier molecular flexibility index (Phi) is 5.76. The Morgan fingerprint density at radius 2 is 1.93 bits per heavy atom. The van der Waals surface area contributed by atoms with Crippen LogP contribution < -0.4 is 10.1 Å². The molecule has 2 aromatic carbocycles. The first-order valence-corrected chi connectivity index (χ1v) is 8.90. The third kappa shape index (κ3) is 4.46. The Morgan fingerprint density at radius 1 is 1.19 bits per heavy atom. The fourth-order valence-electron chi connectivity index (χ4n) is 2.59. The number of hydrogen-bond acceptors (Lipinski definition) is 5. The highest BCUT2D eigenvalue weighted by Crippen LogP contribution is 2.25. The lowest BCUT2D eigenvalue weighted by Gasteiger charge is -2.18.